The summed E-state index contributed by atoms with van der Waals surface area (Å²) in [5.41, 5.74) is 7.88. The van der Waals surface area contributed by atoms with Crippen molar-refractivity contribution in [3.8, 4) is 0 Å². The predicted molar refractivity (Wildman–Crippen MR) is 60.4 cm³/mol. The molecule has 1 aromatic rings. The number of amides is 1. The van der Waals surface area contributed by atoms with Crippen LogP contribution in [0.25, 0.3) is 0 Å². The smallest absolute Gasteiger partial charge is 0.267 e. The number of carbonyl (C=O) groups is 1. The molecule has 1 aliphatic rings. The summed E-state index contributed by atoms with van der Waals surface area (Å²) in [5, 5.41) is 1.37. The van der Waals surface area contributed by atoms with Gasteiger partial charge in [-0.25, -0.2) is 5.06 Å². The van der Waals surface area contributed by atoms with Gasteiger partial charge in [0.15, 0.2) is 0 Å². The molecule has 0 bridgehead atoms. The molecule has 2 N–H and O–H groups in total. The Morgan fingerprint density at radius 2 is 2.12 bits per heavy atom. The number of hydrogen-bond acceptors (Lipinski definition) is 3. The van der Waals surface area contributed by atoms with Crippen molar-refractivity contribution in [2.75, 3.05) is 13.2 Å². The van der Waals surface area contributed by atoms with Crippen LogP contribution in [0.4, 0.5) is 0 Å². The molecule has 4 heteroatoms. The van der Waals surface area contributed by atoms with Crippen molar-refractivity contribution in [2.24, 2.45) is 5.73 Å². The van der Waals surface area contributed by atoms with Crippen LogP contribution in [0.2, 0.25) is 0 Å². The van der Waals surface area contributed by atoms with Crippen LogP contribution in [0.5, 0.6) is 0 Å². The Bertz CT molecular complexity index is 369. The summed E-state index contributed by atoms with van der Waals surface area (Å²) in [7, 11) is 0. The Kier molecular flexibility index (Phi) is 3.22. The predicted octanol–water partition coefficient (Wildman–Crippen LogP) is 1.16. The van der Waals surface area contributed by atoms with Crippen molar-refractivity contribution in [2.45, 2.75) is 19.4 Å². The Balaban J connectivity index is 2.08. The summed E-state index contributed by atoms with van der Waals surface area (Å²) < 4.78 is 0. The molecular formula is C12H16N2O2. The van der Waals surface area contributed by atoms with E-state index in [1.54, 1.807) is 0 Å². The van der Waals surface area contributed by atoms with Crippen molar-refractivity contribution in [3.63, 3.8) is 0 Å². The minimum Gasteiger partial charge on any atom is -0.316 e. The molecule has 0 spiro atoms. The SMILES string of the molecule is Cc1ccc(C(N)C(=O)N2CCCO2)cc1. The summed E-state index contributed by atoms with van der Waals surface area (Å²) in [6.07, 6.45) is 0.881. The van der Waals surface area contributed by atoms with Gasteiger partial charge >= 0.3 is 0 Å². The van der Waals surface area contributed by atoms with Gasteiger partial charge in [-0.1, -0.05) is 29.8 Å². The minimum absolute atomic E-state index is 0.165. The van der Waals surface area contributed by atoms with E-state index in [0.717, 1.165) is 17.5 Å². The molecule has 0 radical (unpaired) electrons. The van der Waals surface area contributed by atoms with E-state index in [1.807, 2.05) is 31.2 Å². The number of carbonyl (C=O) groups excluding carboxylic acids is 1. The van der Waals surface area contributed by atoms with Gasteiger partial charge in [0.25, 0.3) is 5.91 Å². The summed E-state index contributed by atoms with van der Waals surface area (Å²) in [6.45, 7) is 3.24. The maximum atomic E-state index is 11.9. The number of nitrogens with two attached hydrogens (primary N) is 1. The number of benzene rings is 1. The Labute approximate surface area is 94.9 Å². The lowest BCUT2D eigenvalue weighted by molar-refractivity contribution is -0.170. The van der Waals surface area contributed by atoms with Crippen LogP contribution in [-0.4, -0.2) is 24.1 Å². The maximum absolute atomic E-state index is 11.9. The number of aryl methyl sites for hydroxylation is 1. The lowest BCUT2D eigenvalue weighted by Gasteiger charge is -2.19. The lowest BCUT2D eigenvalue weighted by Crippen LogP contribution is -2.35. The van der Waals surface area contributed by atoms with Crippen molar-refractivity contribution in [3.05, 3.63) is 35.4 Å². The van der Waals surface area contributed by atoms with Crippen LogP contribution in [-0.2, 0) is 9.63 Å². The fraction of sp³-hybridized carbons (Fsp3) is 0.417. The molecule has 0 saturated carbocycles. The van der Waals surface area contributed by atoms with Crippen LogP contribution in [0.3, 0.4) is 0 Å². The molecule has 0 aliphatic carbocycles. The largest absolute Gasteiger partial charge is 0.316 e. The molecule has 86 valence electrons. The fourth-order valence-electron chi connectivity index (χ4n) is 1.69. The van der Waals surface area contributed by atoms with E-state index in [9.17, 15) is 4.79 Å². The molecule has 1 amide bonds. The molecular weight excluding hydrogens is 204 g/mol. The average molecular weight is 220 g/mol. The first kappa shape index (κ1) is 11.1. The van der Waals surface area contributed by atoms with Crippen LogP contribution < -0.4 is 5.73 Å². The van der Waals surface area contributed by atoms with Gasteiger partial charge in [0.2, 0.25) is 0 Å². The van der Waals surface area contributed by atoms with Crippen molar-refractivity contribution < 1.29 is 9.63 Å². The van der Waals surface area contributed by atoms with E-state index in [2.05, 4.69) is 0 Å². The number of rotatable bonds is 2. The Morgan fingerprint density at radius 1 is 1.44 bits per heavy atom. The quantitative estimate of drug-likeness (QED) is 0.813. The van der Waals surface area contributed by atoms with E-state index in [0.29, 0.717) is 13.2 Å². The molecule has 2 rings (SSSR count). The molecule has 4 nitrogen and oxygen atoms in total. The highest BCUT2D eigenvalue weighted by atomic mass is 16.7. The zero-order valence-electron chi connectivity index (χ0n) is 9.35. The highest BCUT2D eigenvalue weighted by molar-refractivity contribution is 5.82. The van der Waals surface area contributed by atoms with Gasteiger partial charge in [0.1, 0.15) is 6.04 Å². The van der Waals surface area contributed by atoms with Gasteiger partial charge in [0.05, 0.1) is 13.2 Å². The molecule has 1 saturated heterocycles. The van der Waals surface area contributed by atoms with Crippen molar-refractivity contribution in [1.82, 2.24) is 5.06 Å². The first-order chi connectivity index (χ1) is 7.68. The second-order valence-corrected chi connectivity index (χ2v) is 4.02. The second-order valence-electron chi connectivity index (χ2n) is 4.02. The van der Waals surface area contributed by atoms with Crippen molar-refractivity contribution in [1.29, 1.82) is 0 Å². The highest BCUT2D eigenvalue weighted by Gasteiger charge is 2.25. The lowest BCUT2D eigenvalue weighted by atomic mass is 10.1. The van der Waals surface area contributed by atoms with Gasteiger partial charge in [-0.05, 0) is 18.9 Å². The standard InChI is InChI=1S/C12H16N2O2/c1-9-3-5-10(6-4-9)11(13)12(15)14-7-2-8-16-14/h3-6,11H,2,7-8,13H2,1H3. The van der Waals surface area contributed by atoms with Crippen LogP contribution in [0.15, 0.2) is 24.3 Å². The first-order valence-corrected chi connectivity index (χ1v) is 5.45. The van der Waals surface area contributed by atoms with Gasteiger partial charge in [-0.3, -0.25) is 9.63 Å². The molecule has 1 atom stereocenters. The van der Waals surface area contributed by atoms with Gasteiger partial charge in [-0.15, -0.1) is 0 Å². The summed E-state index contributed by atoms with van der Waals surface area (Å²) in [6, 6.07) is 7.04. The Morgan fingerprint density at radius 3 is 2.69 bits per heavy atom. The Hall–Kier alpha value is -1.39. The van der Waals surface area contributed by atoms with Gasteiger partial charge < -0.3 is 5.73 Å². The van der Waals surface area contributed by atoms with E-state index >= 15 is 0 Å². The molecule has 1 fully saturated rings. The van der Waals surface area contributed by atoms with Gasteiger partial charge in [-0.2, -0.15) is 0 Å². The normalized spacial score (nSPS) is 17.5. The van der Waals surface area contributed by atoms with E-state index in [4.69, 9.17) is 10.6 Å². The zero-order chi connectivity index (χ0) is 11.5. The fourth-order valence-corrected chi connectivity index (χ4v) is 1.69. The molecule has 0 aromatic heterocycles. The van der Waals surface area contributed by atoms with Crippen LogP contribution in [0.1, 0.15) is 23.6 Å². The molecule has 16 heavy (non-hydrogen) atoms. The third kappa shape index (κ3) is 2.23. The summed E-state index contributed by atoms with van der Waals surface area (Å²) >= 11 is 0. The van der Waals surface area contributed by atoms with E-state index in [1.165, 1.54) is 5.06 Å². The third-order valence-corrected chi connectivity index (χ3v) is 2.70. The third-order valence-electron chi connectivity index (χ3n) is 2.70. The highest BCUT2D eigenvalue weighted by Crippen LogP contribution is 2.16. The number of hydroxylamine groups is 2. The zero-order valence-corrected chi connectivity index (χ0v) is 9.35. The van der Waals surface area contributed by atoms with Crippen molar-refractivity contribution >= 4 is 5.91 Å². The number of nitrogens with zero attached hydrogens (tertiary/aromatic N) is 1. The molecule has 1 unspecified atom stereocenters. The topological polar surface area (TPSA) is 55.6 Å². The van der Waals surface area contributed by atoms with Gasteiger partial charge in [0, 0.05) is 0 Å². The first-order valence-electron chi connectivity index (χ1n) is 5.45. The van der Waals surface area contributed by atoms with E-state index in [-0.39, 0.29) is 5.91 Å². The summed E-state index contributed by atoms with van der Waals surface area (Å²) in [4.78, 5) is 17.1. The number of hydrogen-bond donors (Lipinski definition) is 1. The van der Waals surface area contributed by atoms with Crippen LogP contribution >= 0.6 is 0 Å². The second kappa shape index (κ2) is 4.63. The molecule has 1 heterocycles. The maximum Gasteiger partial charge on any atom is 0.267 e. The summed E-state index contributed by atoms with van der Waals surface area (Å²) in [5.74, 6) is -0.165. The minimum atomic E-state index is -0.626. The van der Waals surface area contributed by atoms with E-state index < -0.39 is 6.04 Å². The monoisotopic (exact) mass is 220 g/mol. The van der Waals surface area contributed by atoms with Crippen LogP contribution in [0, 0.1) is 6.92 Å². The molecule has 1 aliphatic heterocycles. The molecule has 1 aromatic carbocycles. The average Bonchev–Trinajstić information content (AvgIpc) is 2.81.